The number of rotatable bonds is 9. The zero-order chi connectivity index (χ0) is 22.2. The predicted octanol–water partition coefficient (Wildman–Crippen LogP) is 3.68. The zero-order valence-electron chi connectivity index (χ0n) is 16.5. The third-order valence-electron chi connectivity index (χ3n) is 4.09. The van der Waals surface area contributed by atoms with E-state index >= 15 is 0 Å². The number of benzene rings is 1. The number of hydrogen-bond donors (Lipinski definition) is 2. The highest BCUT2D eigenvalue weighted by molar-refractivity contribution is 6.06. The van der Waals surface area contributed by atoms with Crippen LogP contribution in [0.25, 0.3) is 6.08 Å². The fourth-order valence-electron chi connectivity index (χ4n) is 2.61. The maximum atomic E-state index is 12.5. The number of alkyl halides is 2. The lowest BCUT2D eigenvalue weighted by atomic mass is 10.2. The van der Waals surface area contributed by atoms with Crippen LogP contribution in [0.3, 0.4) is 0 Å². The van der Waals surface area contributed by atoms with Crippen LogP contribution >= 0.6 is 0 Å². The van der Waals surface area contributed by atoms with E-state index in [0.29, 0.717) is 17.9 Å². The standard InChI is InChI=1S/C21H20F2N4O4/c1-2-27-13-17(19(26-27)20(29)24-12-16-4-3-11-30-16)25-18(28)10-7-14-5-8-15(9-6-14)31-21(22)23/h3-11,13,21H,2,12H2,1H3,(H,24,29)(H,25,28)/b10-7-. The summed E-state index contributed by atoms with van der Waals surface area (Å²) in [5.74, 6) is -0.336. The number of carbonyl (C=O) groups excluding carboxylic acids is 2. The molecule has 0 saturated heterocycles. The van der Waals surface area contributed by atoms with E-state index in [4.69, 9.17) is 4.42 Å². The van der Waals surface area contributed by atoms with Crippen molar-refractivity contribution < 1.29 is 27.5 Å². The van der Waals surface area contributed by atoms with E-state index < -0.39 is 18.4 Å². The van der Waals surface area contributed by atoms with E-state index in [-0.39, 0.29) is 23.7 Å². The number of halogens is 2. The summed E-state index contributed by atoms with van der Waals surface area (Å²) in [5.41, 5.74) is 0.940. The van der Waals surface area contributed by atoms with Crippen molar-refractivity contribution in [1.82, 2.24) is 15.1 Å². The molecule has 0 unspecified atom stereocenters. The molecule has 0 radical (unpaired) electrons. The van der Waals surface area contributed by atoms with Gasteiger partial charge in [0.2, 0.25) is 5.91 Å². The highest BCUT2D eigenvalue weighted by atomic mass is 19.3. The largest absolute Gasteiger partial charge is 0.467 e. The molecule has 3 rings (SSSR count). The van der Waals surface area contributed by atoms with Gasteiger partial charge in [-0.15, -0.1) is 0 Å². The zero-order valence-corrected chi connectivity index (χ0v) is 16.5. The summed E-state index contributed by atoms with van der Waals surface area (Å²) >= 11 is 0. The Labute approximate surface area is 176 Å². The van der Waals surface area contributed by atoms with Crippen LogP contribution in [0.15, 0.2) is 59.4 Å². The summed E-state index contributed by atoms with van der Waals surface area (Å²) in [6.45, 7) is -0.355. The maximum Gasteiger partial charge on any atom is 0.387 e. The first-order valence-corrected chi connectivity index (χ1v) is 9.36. The number of carbonyl (C=O) groups is 2. The van der Waals surface area contributed by atoms with Crippen LogP contribution in [-0.2, 0) is 17.9 Å². The fourth-order valence-corrected chi connectivity index (χ4v) is 2.61. The van der Waals surface area contributed by atoms with Gasteiger partial charge >= 0.3 is 6.61 Å². The summed E-state index contributed by atoms with van der Waals surface area (Å²) in [4.78, 5) is 24.8. The molecule has 2 N–H and O–H groups in total. The summed E-state index contributed by atoms with van der Waals surface area (Å²) in [6.07, 6.45) is 5.83. The molecule has 31 heavy (non-hydrogen) atoms. The van der Waals surface area contributed by atoms with E-state index in [2.05, 4.69) is 20.5 Å². The molecule has 0 saturated carbocycles. The van der Waals surface area contributed by atoms with Crippen LogP contribution < -0.4 is 15.4 Å². The minimum atomic E-state index is -2.90. The molecule has 8 nitrogen and oxygen atoms in total. The van der Waals surface area contributed by atoms with Crippen molar-refractivity contribution in [3.8, 4) is 5.75 Å². The normalized spacial score (nSPS) is 11.1. The Balaban J connectivity index is 1.64. The highest BCUT2D eigenvalue weighted by Crippen LogP contribution is 2.17. The number of ether oxygens (including phenoxy) is 1. The molecule has 162 valence electrons. The molecule has 0 aliphatic rings. The van der Waals surface area contributed by atoms with E-state index in [1.54, 1.807) is 18.3 Å². The van der Waals surface area contributed by atoms with Crippen LogP contribution in [-0.4, -0.2) is 28.2 Å². The molecule has 2 heterocycles. The van der Waals surface area contributed by atoms with Crippen LogP contribution in [0.2, 0.25) is 0 Å². The van der Waals surface area contributed by atoms with Crippen molar-refractivity contribution in [1.29, 1.82) is 0 Å². The molecule has 0 aliphatic heterocycles. The molecule has 0 fully saturated rings. The Hall–Kier alpha value is -3.95. The number of aryl methyl sites for hydroxylation is 1. The Bertz CT molecular complexity index is 1040. The Kier molecular flexibility index (Phi) is 7.15. The number of furan rings is 1. The Morgan fingerprint density at radius 1 is 1.26 bits per heavy atom. The quantitative estimate of drug-likeness (QED) is 0.505. The maximum absolute atomic E-state index is 12.5. The second-order valence-electron chi connectivity index (χ2n) is 6.28. The second kappa shape index (κ2) is 10.2. The van der Waals surface area contributed by atoms with Gasteiger partial charge in [0.15, 0.2) is 5.69 Å². The summed E-state index contributed by atoms with van der Waals surface area (Å²) < 4.78 is 35.4. The molecule has 1 aromatic carbocycles. The van der Waals surface area contributed by atoms with Gasteiger partial charge in [0, 0.05) is 18.8 Å². The van der Waals surface area contributed by atoms with Gasteiger partial charge in [-0.25, -0.2) is 0 Å². The third kappa shape index (κ3) is 6.26. The number of nitrogens with zero attached hydrogens (tertiary/aromatic N) is 2. The van der Waals surface area contributed by atoms with Crippen molar-refractivity contribution in [2.45, 2.75) is 26.6 Å². The van der Waals surface area contributed by atoms with E-state index in [0.717, 1.165) is 0 Å². The molecule has 0 atom stereocenters. The summed E-state index contributed by atoms with van der Waals surface area (Å²) in [6, 6.07) is 9.25. The van der Waals surface area contributed by atoms with Crippen molar-refractivity contribution in [3.63, 3.8) is 0 Å². The number of hydrogen-bond acceptors (Lipinski definition) is 5. The third-order valence-corrected chi connectivity index (χ3v) is 4.09. The second-order valence-corrected chi connectivity index (χ2v) is 6.28. The topological polar surface area (TPSA) is 98.4 Å². The minimum absolute atomic E-state index is 0.0220. The average Bonchev–Trinajstić information content (AvgIpc) is 3.41. The van der Waals surface area contributed by atoms with E-state index in [1.165, 1.54) is 47.4 Å². The molecule has 2 aromatic heterocycles. The lowest BCUT2D eigenvalue weighted by Gasteiger charge is -2.04. The number of nitrogens with one attached hydrogen (secondary N) is 2. The average molecular weight is 430 g/mol. The molecule has 0 spiro atoms. The molecule has 0 aliphatic carbocycles. The van der Waals surface area contributed by atoms with Crippen molar-refractivity contribution >= 4 is 23.6 Å². The first-order valence-electron chi connectivity index (χ1n) is 9.36. The summed E-state index contributed by atoms with van der Waals surface area (Å²) in [7, 11) is 0. The monoisotopic (exact) mass is 430 g/mol. The van der Waals surface area contributed by atoms with Gasteiger partial charge in [-0.2, -0.15) is 13.9 Å². The van der Waals surface area contributed by atoms with Crippen LogP contribution in [0, 0.1) is 0 Å². The molecular formula is C21H20F2N4O4. The summed E-state index contributed by atoms with van der Waals surface area (Å²) in [5, 5.41) is 9.51. The van der Waals surface area contributed by atoms with Crippen LogP contribution in [0.1, 0.15) is 28.7 Å². The minimum Gasteiger partial charge on any atom is -0.467 e. The van der Waals surface area contributed by atoms with Crippen molar-refractivity contribution in [2.24, 2.45) is 0 Å². The van der Waals surface area contributed by atoms with Crippen LogP contribution in [0.4, 0.5) is 14.5 Å². The smallest absolute Gasteiger partial charge is 0.387 e. The van der Waals surface area contributed by atoms with Gasteiger partial charge in [0.25, 0.3) is 5.91 Å². The van der Waals surface area contributed by atoms with Gasteiger partial charge in [-0.05, 0) is 42.8 Å². The fraction of sp³-hybridized carbons (Fsp3) is 0.190. The molecule has 10 heteroatoms. The molecule has 3 aromatic rings. The molecule has 2 amide bonds. The van der Waals surface area contributed by atoms with E-state index in [9.17, 15) is 18.4 Å². The van der Waals surface area contributed by atoms with Gasteiger partial charge in [-0.1, -0.05) is 12.1 Å². The van der Waals surface area contributed by atoms with Crippen LogP contribution in [0.5, 0.6) is 5.75 Å². The van der Waals surface area contributed by atoms with Gasteiger partial charge < -0.3 is 19.8 Å². The van der Waals surface area contributed by atoms with Crippen molar-refractivity contribution in [2.75, 3.05) is 5.32 Å². The molecule has 0 bridgehead atoms. The predicted molar refractivity (Wildman–Crippen MR) is 109 cm³/mol. The van der Waals surface area contributed by atoms with Gasteiger partial charge in [0.1, 0.15) is 11.5 Å². The Morgan fingerprint density at radius 2 is 2.03 bits per heavy atom. The molecular weight excluding hydrogens is 410 g/mol. The van der Waals surface area contributed by atoms with E-state index in [1.807, 2.05) is 6.92 Å². The lowest BCUT2D eigenvalue weighted by Crippen LogP contribution is -2.24. The number of amides is 2. The Morgan fingerprint density at radius 3 is 2.68 bits per heavy atom. The number of anilines is 1. The first kappa shape index (κ1) is 21.8. The van der Waals surface area contributed by atoms with Gasteiger partial charge in [-0.3, -0.25) is 14.3 Å². The SMILES string of the molecule is CCn1cc(NC(=O)/C=C\c2ccc(OC(F)F)cc2)c(C(=O)NCc2ccco2)n1. The van der Waals surface area contributed by atoms with Crippen molar-refractivity contribution in [3.05, 3.63) is 72.0 Å². The van der Waals surface area contributed by atoms with Gasteiger partial charge in [0.05, 0.1) is 18.5 Å². The lowest BCUT2D eigenvalue weighted by molar-refractivity contribution is -0.111. The first-order chi connectivity index (χ1) is 14.9. The number of aromatic nitrogens is 2. The highest BCUT2D eigenvalue weighted by Gasteiger charge is 2.18.